The van der Waals surface area contributed by atoms with E-state index in [0.29, 0.717) is 36.5 Å². The molecule has 0 radical (unpaired) electrons. The van der Waals surface area contributed by atoms with Gasteiger partial charge in [-0.1, -0.05) is 45.4 Å². The molecule has 1 aromatic rings. The van der Waals surface area contributed by atoms with Gasteiger partial charge in [-0.2, -0.15) is 5.26 Å². The van der Waals surface area contributed by atoms with Gasteiger partial charge in [0.15, 0.2) is 5.78 Å². The van der Waals surface area contributed by atoms with Crippen LogP contribution in [0.2, 0.25) is 0 Å². The van der Waals surface area contributed by atoms with Crippen LogP contribution >= 0.6 is 0 Å². The van der Waals surface area contributed by atoms with Gasteiger partial charge in [0.1, 0.15) is 23.2 Å². The molecule has 0 spiro atoms. The Morgan fingerprint density at radius 3 is 2.78 bits per heavy atom. The molecule has 27 heavy (non-hydrogen) atoms. The predicted octanol–water partition coefficient (Wildman–Crippen LogP) is 4.32. The number of nitriles is 1. The number of nitrogens with zero attached hydrogens (tertiary/aromatic N) is 1. The first-order valence-electron chi connectivity index (χ1n) is 9.43. The van der Waals surface area contributed by atoms with Gasteiger partial charge in [0.25, 0.3) is 0 Å². The van der Waals surface area contributed by atoms with Crippen LogP contribution in [0.15, 0.2) is 47.1 Å². The topological polar surface area (TPSA) is 85.3 Å². The van der Waals surface area contributed by atoms with Crippen molar-refractivity contribution in [2.75, 3.05) is 6.61 Å². The minimum atomic E-state index is -0.542. The number of hydrogen-bond donors (Lipinski definition) is 1. The number of rotatable bonds is 5. The number of benzene rings is 1. The second-order valence-corrected chi connectivity index (χ2v) is 7.94. The fraction of sp³-hybridized carbons (Fsp3) is 0.455. The van der Waals surface area contributed by atoms with E-state index in [0.717, 1.165) is 18.4 Å². The van der Waals surface area contributed by atoms with Gasteiger partial charge in [-0.25, -0.2) is 0 Å². The van der Waals surface area contributed by atoms with Gasteiger partial charge in [-0.3, -0.25) is 4.79 Å². The minimum absolute atomic E-state index is 0.00913. The van der Waals surface area contributed by atoms with Gasteiger partial charge in [0.05, 0.1) is 12.5 Å². The Bertz CT molecular complexity index is 859. The average molecular weight is 366 g/mol. The molecule has 0 amide bonds. The van der Waals surface area contributed by atoms with E-state index in [2.05, 4.69) is 13.0 Å². The third-order valence-corrected chi connectivity index (χ3v) is 5.06. The molecule has 142 valence electrons. The number of ether oxygens (including phenoxy) is 2. The average Bonchev–Trinajstić information content (AvgIpc) is 2.60. The van der Waals surface area contributed by atoms with E-state index in [-0.39, 0.29) is 22.7 Å². The van der Waals surface area contributed by atoms with Crippen LogP contribution in [-0.4, -0.2) is 12.4 Å². The van der Waals surface area contributed by atoms with Crippen molar-refractivity contribution in [2.45, 2.75) is 52.4 Å². The summed E-state index contributed by atoms with van der Waals surface area (Å²) in [7, 11) is 0. The van der Waals surface area contributed by atoms with Crippen LogP contribution < -0.4 is 10.5 Å². The summed E-state index contributed by atoms with van der Waals surface area (Å²) in [5, 5.41) is 9.73. The van der Waals surface area contributed by atoms with Gasteiger partial charge in [0.2, 0.25) is 5.88 Å². The number of carbonyl (C=O) groups excluding carboxylic acids is 1. The zero-order valence-electron chi connectivity index (χ0n) is 16.2. The molecule has 1 aliphatic heterocycles. The summed E-state index contributed by atoms with van der Waals surface area (Å²) in [5.41, 5.74) is 7.49. The third kappa shape index (κ3) is 3.71. The molecule has 1 aliphatic carbocycles. The van der Waals surface area contributed by atoms with Gasteiger partial charge in [0, 0.05) is 24.0 Å². The maximum absolute atomic E-state index is 13.0. The highest BCUT2D eigenvalue weighted by molar-refractivity contribution is 6.00. The van der Waals surface area contributed by atoms with Crippen LogP contribution in [0.3, 0.4) is 0 Å². The summed E-state index contributed by atoms with van der Waals surface area (Å²) < 4.78 is 11.7. The molecule has 2 N–H and O–H groups in total. The molecule has 0 bridgehead atoms. The standard InChI is InChI=1S/C22H26N2O3/c1-4-5-10-26-17-9-7-6-8-14(17)19-15(13-23)21(24)27-18-12-22(2,3)11-16(25)20(18)19/h6-9,19H,4-5,10-12,24H2,1-3H3/t19-/m1/s1. The molecule has 0 saturated heterocycles. The Hall–Kier alpha value is -2.74. The first kappa shape index (κ1) is 19.0. The number of ketones is 1. The lowest BCUT2D eigenvalue weighted by molar-refractivity contribution is -0.119. The highest BCUT2D eigenvalue weighted by Crippen LogP contribution is 2.49. The molecular weight excluding hydrogens is 340 g/mol. The summed E-state index contributed by atoms with van der Waals surface area (Å²) in [5.74, 6) is 0.814. The number of Topliss-reactive ketones (excluding diaryl/α,β-unsaturated/α-hetero) is 1. The number of hydrogen-bond acceptors (Lipinski definition) is 5. The van der Waals surface area contributed by atoms with Crippen LogP contribution in [0.1, 0.15) is 57.9 Å². The van der Waals surface area contributed by atoms with Gasteiger partial charge >= 0.3 is 0 Å². The van der Waals surface area contributed by atoms with Crippen LogP contribution in [-0.2, 0) is 9.53 Å². The SMILES string of the molecule is CCCCOc1ccccc1[C@@H]1C(C#N)=C(N)OC2=C1C(=O)CC(C)(C)C2. The number of unbranched alkanes of at least 4 members (excludes halogenated alkanes) is 1. The molecule has 0 aromatic heterocycles. The first-order chi connectivity index (χ1) is 12.9. The Morgan fingerprint density at radius 2 is 2.07 bits per heavy atom. The maximum Gasteiger partial charge on any atom is 0.205 e. The number of para-hydroxylation sites is 1. The van der Waals surface area contributed by atoms with Crippen molar-refractivity contribution in [2.24, 2.45) is 11.1 Å². The van der Waals surface area contributed by atoms with Crippen molar-refractivity contribution < 1.29 is 14.3 Å². The van der Waals surface area contributed by atoms with E-state index >= 15 is 0 Å². The van der Waals surface area contributed by atoms with Gasteiger partial charge in [-0.15, -0.1) is 0 Å². The first-order valence-corrected chi connectivity index (χ1v) is 9.43. The summed E-state index contributed by atoms with van der Waals surface area (Å²) in [4.78, 5) is 13.0. The number of carbonyl (C=O) groups is 1. The van der Waals surface area contributed by atoms with E-state index in [1.165, 1.54) is 0 Å². The monoisotopic (exact) mass is 366 g/mol. The largest absolute Gasteiger partial charge is 0.493 e. The van der Waals surface area contributed by atoms with E-state index in [1.807, 2.05) is 38.1 Å². The van der Waals surface area contributed by atoms with Crippen molar-refractivity contribution in [3.8, 4) is 11.8 Å². The molecule has 3 rings (SSSR count). The highest BCUT2D eigenvalue weighted by atomic mass is 16.5. The molecule has 5 heteroatoms. The molecular formula is C22H26N2O3. The Labute approximate surface area is 160 Å². The molecule has 1 aromatic carbocycles. The molecule has 0 saturated carbocycles. The van der Waals surface area contributed by atoms with Crippen LogP contribution in [0.4, 0.5) is 0 Å². The molecule has 1 heterocycles. The lowest BCUT2D eigenvalue weighted by Gasteiger charge is -2.37. The van der Waals surface area contributed by atoms with Gasteiger partial charge in [-0.05, 0) is 17.9 Å². The Balaban J connectivity index is 2.11. The van der Waals surface area contributed by atoms with Crippen molar-refractivity contribution in [1.29, 1.82) is 5.26 Å². The van der Waals surface area contributed by atoms with Gasteiger partial charge < -0.3 is 15.2 Å². The summed E-state index contributed by atoms with van der Waals surface area (Å²) in [6, 6.07) is 9.72. The van der Waals surface area contributed by atoms with Crippen molar-refractivity contribution in [3.05, 3.63) is 52.6 Å². The number of allylic oxidation sites excluding steroid dienone is 3. The second kappa shape index (κ2) is 7.48. The molecule has 5 nitrogen and oxygen atoms in total. The quantitative estimate of drug-likeness (QED) is 0.785. The highest BCUT2D eigenvalue weighted by Gasteiger charge is 2.43. The smallest absolute Gasteiger partial charge is 0.205 e. The molecule has 2 aliphatic rings. The van der Waals surface area contributed by atoms with Crippen LogP contribution in [0, 0.1) is 16.7 Å². The maximum atomic E-state index is 13.0. The predicted molar refractivity (Wildman–Crippen MR) is 103 cm³/mol. The Kier molecular flexibility index (Phi) is 5.27. The summed E-state index contributed by atoms with van der Waals surface area (Å²) in [6.45, 7) is 6.76. The molecule has 0 unspecified atom stereocenters. The lowest BCUT2D eigenvalue weighted by Crippen LogP contribution is -2.33. The van der Waals surface area contributed by atoms with E-state index in [4.69, 9.17) is 15.2 Å². The lowest BCUT2D eigenvalue weighted by atomic mass is 9.70. The zero-order valence-corrected chi connectivity index (χ0v) is 16.2. The van der Waals surface area contributed by atoms with E-state index < -0.39 is 5.92 Å². The Morgan fingerprint density at radius 1 is 1.33 bits per heavy atom. The van der Waals surface area contributed by atoms with Crippen molar-refractivity contribution >= 4 is 5.78 Å². The molecule has 0 fully saturated rings. The fourth-order valence-corrected chi connectivity index (χ4v) is 3.77. The third-order valence-electron chi connectivity index (χ3n) is 5.06. The zero-order chi connectivity index (χ0) is 19.6. The second-order valence-electron chi connectivity index (χ2n) is 7.94. The minimum Gasteiger partial charge on any atom is -0.493 e. The summed E-state index contributed by atoms with van der Waals surface area (Å²) >= 11 is 0. The molecule has 1 atom stereocenters. The number of nitrogens with two attached hydrogens (primary N) is 1. The fourth-order valence-electron chi connectivity index (χ4n) is 3.77. The normalized spacial score (nSPS) is 21.4. The van der Waals surface area contributed by atoms with Crippen LogP contribution in [0.5, 0.6) is 5.75 Å². The van der Waals surface area contributed by atoms with E-state index in [9.17, 15) is 10.1 Å². The van der Waals surface area contributed by atoms with Crippen LogP contribution in [0.25, 0.3) is 0 Å². The summed E-state index contributed by atoms with van der Waals surface area (Å²) in [6.07, 6.45) is 3.00. The van der Waals surface area contributed by atoms with Crippen molar-refractivity contribution in [3.63, 3.8) is 0 Å². The van der Waals surface area contributed by atoms with Crippen molar-refractivity contribution in [1.82, 2.24) is 0 Å². The van der Waals surface area contributed by atoms with E-state index in [1.54, 1.807) is 0 Å².